The van der Waals surface area contributed by atoms with E-state index in [4.69, 9.17) is 19.5 Å². The number of para-hydroxylation sites is 1. The predicted molar refractivity (Wildman–Crippen MR) is 132 cm³/mol. The number of ether oxygens (including phenoxy) is 1. The average Bonchev–Trinajstić information content (AvgIpc) is 2.77. The summed E-state index contributed by atoms with van der Waals surface area (Å²) in [6.45, 7) is 6.27. The Morgan fingerprint density at radius 1 is 0.914 bits per heavy atom. The molecule has 0 aliphatic carbocycles. The number of hydrogen-bond donors (Lipinski definition) is 3. The summed E-state index contributed by atoms with van der Waals surface area (Å²) in [6.07, 6.45) is 14.9. The standard InChI is InChI=1S/C21H35O.C4H6O7S.K/c1-3-5-6-7-8-9-10-11-12-13-16-20-17-14-15-18-21(20)22-19-4-2;5-3(6)1-2(4(7)8)12(9,10)11;/h14-15,17-19H,3-13,16H2,1-2H3;2H,1H2,(H,5,6)(H,7,8)(H,9,10,11);/q-1;;+1. The molecule has 0 bridgehead atoms. The van der Waals surface area contributed by atoms with E-state index in [-0.39, 0.29) is 51.4 Å². The van der Waals surface area contributed by atoms with Crippen molar-refractivity contribution in [2.75, 3.05) is 0 Å². The summed E-state index contributed by atoms with van der Waals surface area (Å²) in [5, 5.41) is 13.9. The first-order valence-corrected chi connectivity index (χ1v) is 13.6. The Morgan fingerprint density at radius 2 is 1.43 bits per heavy atom. The Morgan fingerprint density at radius 3 is 1.86 bits per heavy atom. The van der Waals surface area contributed by atoms with Crippen LogP contribution in [0.25, 0.3) is 0 Å². The molecule has 0 aliphatic rings. The van der Waals surface area contributed by atoms with E-state index in [2.05, 4.69) is 38.1 Å². The minimum Gasteiger partial charge on any atom is -0.662 e. The van der Waals surface area contributed by atoms with E-state index in [1.807, 2.05) is 6.61 Å². The maximum absolute atomic E-state index is 10.2. The van der Waals surface area contributed by atoms with Crippen molar-refractivity contribution in [1.82, 2.24) is 0 Å². The second-order valence-corrected chi connectivity index (χ2v) is 9.77. The Kier molecular flexibility index (Phi) is 23.8. The van der Waals surface area contributed by atoms with Gasteiger partial charge in [0, 0.05) is 0 Å². The van der Waals surface area contributed by atoms with Crippen molar-refractivity contribution in [3.05, 3.63) is 36.4 Å². The second kappa shape index (κ2) is 22.7. The van der Waals surface area contributed by atoms with Crippen molar-refractivity contribution in [1.29, 1.82) is 0 Å². The summed E-state index contributed by atoms with van der Waals surface area (Å²) in [5.41, 5.74) is 1.35. The van der Waals surface area contributed by atoms with Crippen molar-refractivity contribution in [3.8, 4) is 5.75 Å². The topological polar surface area (TPSA) is 138 Å². The molecular weight excluding hydrogens is 499 g/mol. The van der Waals surface area contributed by atoms with Crippen molar-refractivity contribution in [2.24, 2.45) is 0 Å². The number of benzene rings is 1. The minimum atomic E-state index is -4.84. The molecule has 0 saturated heterocycles. The molecule has 0 aromatic heterocycles. The van der Waals surface area contributed by atoms with Crippen LogP contribution in [0, 0.1) is 6.61 Å². The molecule has 0 saturated carbocycles. The summed E-state index contributed by atoms with van der Waals surface area (Å²) in [5.74, 6) is -2.46. The first-order chi connectivity index (χ1) is 16.1. The van der Waals surface area contributed by atoms with Gasteiger partial charge >= 0.3 is 63.3 Å². The fourth-order valence-corrected chi connectivity index (χ4v) is 3.89. The van der Waals surface area contributed by atoms with Crippen molar-refractivity contribution >= 4 is 22.1 Å². The number of hydrogen-bond acceptors (Lipinski definition) is 5. The van der Waals surface area contributed by atoms with Crippen LogP contribution >= 0.6 is 0 Å². The predicted octanol–water partition coefficient (Wildman–Crippen LogP) is 2.91. The van der Waals surface area contributed by atoms with Gasteiger partial charge in [-0.2, -0.15) is 15.0 Å². The molecule has 0 aliphatic heterocycles. The molecular formula is C25H41KO8S. The Hall–Kier alpha value is -0.494. The monoisotopic (exact) mass is 540 g/mol. The fourth-order valence-electron chi connectivity index (χ4n) is 3.28. The molecule has 1 rings (SSSR count). The molecule has 3 N–H and O–H groups in total. The molecule has 1 aromatic carbocycles. The van der Waals surface area contributed by atoms with Gasteiger partial charge < -0.3 is 14.9 Å². The van der Waals surface area contributed by atoms with Gasteiger partial charge in [0.15, 0.2) is 5.25 Å². The quantitative estimate of drug-likeness (QED) is 0.112. The average molecular weight is 541 g/mol. The van der Waals surface area contributed by atoms with Crippen molar-refractivity contribution in [2.45, 2.75) is 103 Å². The van der Waals surface area contributed by atoms with Crippen LogP contribution in [0.15, 0.2) is 24.3 Å². The van der Waals surface area contributed by atoms with Gasteiger partial charge in [-0.1, -0.05) is 89.8 Å². The number of unbranched alkanes of at least 4 members (excludes halogenated alkanes) is 9. The summed E-state index contributed by atoms with van der Waals surface area (Å²) in [6, 6.07) is 8.45. The SMILES string of the molecule is CC[CH-]Oc1ccccc1CCCCCCCCCCCC.O=C(O)CC(C(=O)O)S(=O)(=O)O.[K+]. The molecule has 10 heteroatoms. The maximum atomic E-state index is 10.2. The molecule has 35 heavy (non-hydrogen) atoms. The van der Waals surface area contributed by atoms with E-state index < -0.39 is 33.7 Å². The molecule has 196 valence electrons. The van der Waals surface area contributed by atoms with E-state index in [0.29, 0.717) is 0 Å². The number of carbonyl (C=O) groups is 2. The molecule has 1 aromatic rings. The molecule has 0 heterocycles. The first-order valence-electron chi connectivity index (χ1n) is 12.1. The zero-order chi connectivity index (χ0) is 25.8. The largest absolute Gasteiger partial charge is 1.00 e. The van der Waals surface area contributed by atoms with E-state index in [9.17, 15) is 18.0 Å². The van der Waals surface area contributed by atoms with Crippen LogP contribution < -0.4 is 56.1 Å². The third-order valence-electron chi connectivity index (χ3n) is 5.14. The number of rotatable bonds is 18. The molecule has 8 nitrogen and oxygen atoms in total. The third kappa shape index (κ3) is 20.3. The van der Waals surface area contributed by atoms with Crippen molar-refractivity contribution in [3.63, 3.8) is 0 Å². The molecule has 0 amide bonds. The van der Waals surface area contributed by atoms with E-state index in [1.165, 1.54) is 69.8 Å². The van der Waals surface area contributed by atoms with Crippen molar-refractivity contribution < 1.29 is 88.9 Å². The third-order valence-corrected chi connectivity index (χ3v) is 6.23. The number of aliphatic carboxylic acids is 2. The van der Waals surface area contributed by atoms with Crippen LogP contribution in [0.4, 0.5) is 0 Å². The zero-order valence-corrected chi connectivity index (χ0v) is 25.4. The molecule has 0 spiro atoms. The van der Waals surface area contributed by atoms with Gasteiger partial charge in [-0.25, -0.2) is 0 Å². The van der Waals surface area contributed by atoms with Crippen LogP contribution in [0.5, 0.6) is 5.75 Å². The van der Waals surface area contributed by atoms with E-state index in [0.717, 1.165) is 18.6 Å². The number of carboxylic acid groups (broad SMARTS) is 2. The summed E-state index contributed by atoms with van der Waals surface area (Å²) < 4.78 is 34.4. The summed E-state index contributed by atoms with van der Waals surface area (Å²) >= 11 is 0. The fraction of sp³-hybridized carbons (Fsp3) is 0.640. The van der Waals surface area contributed by atoms with Gasteiger partial charge in [-0.05, 0) is 24.5 Å². The Balaban J connectivity index is 0. The zero-order valence-electron chi connectivity index (χ0n) is 21.4. The van der Waals surface area contributed by atoms with Gasteiger partial charge in [-0.3, -0.25) is 14.1 Å². The van der Waals surface area contributed by atoms with Crippen LogP contribution in [0.3, 0.4) is 0 Å². The van der Waals surface area contributed by atoms with Gasteiger partial charge in [-0.15, -0.1) is 6.42 Å². The van der Waals surface area contributed by atoms with Gasteiger partial charge in [0.05, 0.1) is 12.2 Å². The number of aryl methyl sites for hydroxylation is 1. The van der Waals surface area contributed by atoms with Gasteiger partial charge in [0.2, 0.25) is 0 Å². The summed E-state index contributed by atoms with van der Waals surface area (Å²) in [7, 11) is -4.84. The van der Waals surface area contributed by atoms with Crippen LogP contribution in [-0.2, 0) is 26.1 Å². The molecule has 1 unspecified atom stereocenters. The van der Waals surface area contributed by atoms with E-state index >= 15 is 0 Å². The normalized spacial score (nSPS) is 11.5. The maximum Gasteiger partial charge on any atom is 1.00 e. The van der Waals surface area contributed by atoms with Crippen LogP contribution in [0.1, 0.15) is 96.5 Å². The van der Waals surface area contributed by atoms with E-state index in [1.54, 1.807) is 0 Å². The smallest absolute Gasteiger partial charge is 0.662 e. The number of carboxylic acids is 2. The summed E-state index contributed by atoms with van der Waals surface area (Å²) in [4.78, 5) is 20.0. The van der Waals surface area contributed by atoms with Gasteiger partial charge in [0.25, 0.3) is 10.1 Å². The molecule has 1 atom stereocenters. The van der Waals surface area contributed by atoms with Crippen LogP contribution in [0.2, 0.25) is 0 Å². The Bertz CT molecular complexity index is 798. The van der Waals surface area contributed by atoms with Gasteiger partial charge in [0.1, 0.15) is 0 Å². The second-order valence-electron chi connectivity index (χ2n) is 8.17. The minimum absolute atomic E-state index is 0. The first kappa shape index (κ1) is 36.7. The van der Waals surface area contributed by atoms with Crippen LogP contribution in [-0.4, -0.2) is 40.4 Å². The molecule has 0 radical (unpaired) electrons. The molecule has 0 fully saturated rings. The Labute approximate surface area is 253 Å².